The van der Waals surface area contributed by atoms with Crippen LogP contribution in [0.2, 0.25) is 0 Å². The Balaban J connectivity index is 1.05. The van der Waals surface area contributed by atoms with Gasteiger partial charge in [-0.2, -0.15) is 10.5 Å². The van der Waals surface area contributed by atoms with E-state index in [9.17, 15) is 18.4 Å². The predicted molar refractivity (Wildman–Crippen MR) is 167 cm³/mol. The summed E-state index contributed by atoms with van der Waals surface area (Å²) in [4.78, 5) is 24.4. The number of esters is 2. The van der Waals surface area contributed by atoms with Crippen LogP contribution in [0.4, 0.5) is 8.78 Å². The Labute approximate surface area is 262 Å². The fourth-order valence-electron chi connectivity index (χ4n) is 5.08. The van der Waals surface area contributed by atoms with Crippen molar-refractivity contribution in [3.05, 3.63) is 101 Å². The molecule has 0 unspecified atom stereocenters. The third-order valence-electron chi connectivity index (χ3n) is 7.57. The molecule has 6 nitrogen and oxygen atoms in total. The minimum Gasteiger partial charge on any atom is -0.426 e. The molecule has 4 rings (SSSR count). The molecule has 0 atom stereocenters. The van der Waals surface area contributed by atoms with Crippen LogP contribution < -0.4 is 9.47 Å². The molecule has 0 spiro atoms. The highest BCUT2D eigenvalue weighted by Gasteiger charge is 2.14. The highest BCUT2D eigenvalue weighted by molar-refractivity contribution is 5.74. The molecule has 230 valence electrons. The van der Waals surface area contributed by atoms with Crippen molar-refractivity contribution in [2.45, 2.75) is 70.6 Å². The molecule has 3 aromatic carbocycles. The number of unbranched alkanes of at least 4 members (excludes halogenated alkanes) is 6. The van der Waals surface area contributed by atoms with Crippen molar-refractivity contribution in [3.8, 4) is 34.8 Å². The van der Waals surface area contributed by atoms with Crippen molar-refractivity contribution in [1.29, 1.82) is 10.5 Å². The predicted octanol–water partition coefficient (Wildman–Crippen LogP) is 9.15. The summed E-state index contributed by atoms with van der Waals surface area (Å²) in [6, 6.07) is 19.4. The number of hydrogen-bond acceptors (Lipinski definition) is 6. The van der Waals surface area contributed by atoms with Gasteiger partial charge in [0.15, 0.2) is 0 Å². The number of hydrogen-bond donors (Lipinski definition) is 0. The lowest BCUT2D eigenvalue weighted by molar-refractivity contribution is -0.135. The highest BCUT2D eigenvalue weighted by atomic mass is 19.1. The van der Waals surface area contributed by atoms with Gasteiger partial charge in [-0.3, -0.25) is 9.59 Å². The van der Waals surface area contributed by atoms with Gasteiger partial charge in [-0.1, -0.05) is 50.3 Å². The standard InChI is InChI=1S/C37H34F2N2O4/c38-34-22-30(18-20-32(34)28-14-10-26(24-40)11-15-28)44-36(42)8-6-4-2-1-3-5-7-9-37(43)45-31-19-21-33(35(39)23-31)29-16-12-27(25-41)13-17-29/h10-12,14-16,18-23H,1-9,13,17H2. The molecule has 1 aliphatic carbocycles. The number of allylic oxidation sites excluding steroid dienone is 4. The molecule has 8 heteroatoms. The molecule has 0 amide bonds. The van der Waals surface area contributed by atoms with E-state index >= 15 is 0 Å². The Kier molecular flexibility index (Phi) is 12.2. The van der Waals surface area contributed by atoms with E-state index in [0.717, 1.165) is 37.7 Å². The molecule has 0 N–H and O–H groups in total. The molecule has 45 heavy (non-hydrogen) atoms. The maximum atomic E-state index is 14.6. The van der Waals surface area contributed by atoms with Crippen LogP contribution in [0.5, 0.6) is 11.5 Å². The zero-order chi connectivity index (χ0) is 32.0. The molecule has 0 heterocycles. The number of benzene rings is 3. The molecule has 0 radical (unpaired) electrons. The number of rotatable bonds is 14. The quantitative estimate of drug-likeness (QED) is 0.103. The molecule has 0 fully saturated rings. The highest BCUT2D eigenvalue weighted by Crippen LogP contribution is 2.30. The average Bonchev–Trinajstić information content (AvgIpc) is 3.04. The molecular formula is C37H34F2N2O4. The molecular weight excluding hydrogens is 574 g/mol. The van der Waals surface area contributed by atoms with Gasteiger partial charge in [-0.25, -0.2) is 8.78 Å². The van der Waals surface area contributed by atoms with E-state index in [0.29, 0.717) is 53.5 Å². The molecule has 0 aliphatic heterocycles. The molecule has 3 aromatic rings. The van der Waals surface area contributed by atoms with Gasteiger partial charge in [0.25, 0.3) is 0 Å². The van der Waals surface area contributed by atoms with E-state index in [-0.39, 0.29) is 24.3 Å². The maximum absolute atomic E-state index is 14.6. The summed E-state index contributed by atoms with van der Waals surface area (Å²) >= 11 is 0. The number of carbonyl (C=O) groups is 2. The zero-order valence-electron chi connectivity index (χ0n) is 25.0. The third-order valence-corrected chi connectivity index (χ3v) is 7.57. The molecule has 0 saturated carbocycles. The summed E-state index contributed by atoms with van der Waals surface area (Å²) in [6.07, 6.45) is 11.0. The Morgan fingerprint density at radius 1 is 0.644 bits per heavy atom. The minimum absolute atomic E-state index is 0.154. The number of halogens is 2. The SMILES string of the molecule is N#CC1=CC=C(c2ccc(OC(=O)CCCCCCCCCC(=O)Oc3ccc(-c4ccc(C#N)cc4)c(F)c3)cc2F)CC1. The normalized spacial score (nSPS) is 12.4. The first kappa shape index (κ1) is 32.8. The first-order valence-corrected chi connectivity index (χ1v) is 15.2. The van der Waals surface area contributed by atoms with Crippen molar-refractivity contribution in [2.24, 2.45) is 0 Å². The number of carbonyl (C=O) groups excluding carboxylic acids is 2. The van der Waals surface area contributed by atoms with E-state index in [1.54, 1.807) is 60.7 Å². The second kappa shape index (κ2) is 16.7. The number of nitriles is 2. The first-order chi connectivity index (χ1) is 21.9. The topological polar surface area (TPSA) is 100 Å². The van der Waals surface area contributed by atoms with E-state index in [1.807, 2.05) is 6.07 Å². The van der Waals surface area contributed by atoms with Crippen LogP contribution in [-0.2, 0) is 9.59 Å². The summed E-state index contributed by atoms with van der Waals surface area (Å²) in [6.45, 7) is 0. The van der Waals surface area contributed by atoms with E-state index in [4.69, 9.17) is 20.0 Å². The van der Waals surface area contributed by atoms with Crippen LogP contribution >= 0.6 is 0 Å². The van der Waals surface area contributed by atoms with Crippen molar-refractivity contribution in [3.63, 3.8) is 0 Å². The maximum Gasteiger partial charge on any atom is 0.311 e. The lowest BCUT2D eigenvalue weighted by atomic mass is 9.93. The fourth-order valence-corrected chi connectivity index (χ4v) is 5.08. The van der Waals surface area contributed by atoms with Crippen molar-refractivity contribution < 1.29 is 27.8 Å². The summed E-state index contributed by atoms with van der Waals surface area (Å²) in [5.41, 5.74) is 3.41. The van der Waals surface area contributed by atoms with E-state index in [2.05, 4.69) is 6.07 Å². The summed E-state index contributed by atoms with van der Waals surface area (Å²) in [5, 5.41) is 17.9. The minimum atomic E-state index is -0.510. The second-order valence-electron chi connectivity index (χ2n) is 10.9. The van der Waals surface area contributed by atoms with Gasteiger partial charge < -0.3 is 9.47 Å². The first-order valence-electron chi connectivity index (χ1n) is 15.2. The Morgan fingerprint density at radius 2 is 1.18 bits per heavy atom. The van der Waals surface area contributed by atoms with Gasteiger partial charge in [0.1, 0.15) is 23.1 Å². The number of ether oxygens (including phenoxy) is 2. The van der Waals surface area contributed by atoms with Gasteiger partial charge in [0.05, 0.1) is 17.7 Å². The number of nitrogens with zero attached hydrogens (tertiary/aromatic N) is 2. The van der Waals surface area contributed by atoms with Crippen molar-refractivity contribution in [1.82, 2.24) is 0 Å². The smallest absolute Gasteiger partial charge is 0.311 e. The Bertz CT molecular complexity index is 1660. The average molecular weight is 609 g/mol. The van der Waals surface area contributed by atoms with Crippen LogP contribution in [0, 0.1) is 34.3 Å². The summed E-state index contributed by atoms with van der Waals surface area (Å²) in [7, 11) is 0. The molecule has 0 saturated heterocycles. The Morgan fingerprint density at radius 3 is 1.64 bits per heavy atom. The van der Waals surface area contributed by atoms with Crippen LogP contribution in [0.25, 0.3) is 16.7 Å². The lowest BCUT2D eigenvalue weighted by Gasteiger charge is -2.13. The molecule has 1 aliphatic rings. The van der Waals surface area contributed by atoms with Crippen molar-refractivity contribution in [2.75, 3.05) is 0 Å². The van der Waals surface area contributed by atoms with Crippen LogP contribution in [-0.4, -0.2) is 11.9 Å². The fraction of sp³-hybridized carbons (Fsp3) is 0.297. The van der Waals surface area contributed by atoms with Crippen LogP contribution in [0.15, 0.2) is 78.4 Å². The van der Waals surface area contributed by atoms with Gasteiger partial charge in [0.2, 0.25) is 0 Å². The van der Waals surface area contributed by atoms with Crippen molar-refractivity contribution >= 4 is 17.5 Å². The van der Waals surface area contributed by atoms with Crippen LogP contribution in [0.3, 0.4) is 0 Å². The molecule has 0 bridgehead atoms. The van der Waals surface area contributed by atoms with E-state index in [1.165, 1.54) is 12.1 Å². The summed E-state index contributed by atoms with van der Waals surface area (Å²) in [5.74, 6) is -1.45. The largest absolute Gasteiger partial charge is 0.426 e. The third kappa shape index (κ3) is 9.98. The van der Waals surface area contributed by atoms with Gasteiger partial charge in [-0.15, -0.1) is 0 Å². The second-order valence-corrected chi connectivity index (χ2v) is 10.9. The lowest BCUT2D eigenvalue weighted by Crippen LogP contribution is -2.08. The van der Waals surface area contributed by atoms with Gasteiger partial charge >= 0.3 is 11.9 Å². The van der Waals surface area contributed by atoms with Gasteiger partial charge in [-0.05, 0) is 79.3 Å². The Hall–Kier alpha value is -5.08. The zero-order valence-corrected chi connectivity index (χ0v) is 25.0. The van der Waals surface area contributed by atoms with Crippen LogP contribution in [0.1, 0.15) is 81.8 Å². The monoisotopic (exact) mass is 608 g/mol. The molecule has 0 aromatic heterocycles. The summed E-state index contributed by atoms with van der Waals surface area (Å²) < 4.78 is 39.8. The van der Waals surface area contributed by atoms with Gasteiger partial charge in [0, 0.05) is 41.7 Å². The van der Waals surface area contributed by atoms with E-state index < -0.39 is 23.6 Å².